The van der Waals surface area contributed by atoms with Crippen molar-refractivity contribution in [2.45, 2.75) is 13.0 Å². The second-order valence-electron chi connectivity index (χ2n) is 7.49. The van der Waals surface area contributed by atoms with Crippen LogP contribution in [0, 0.1) is 5.41 Å². The zero-order chi connectivity index (χ0) is 23.5. The quantitative estimate of drug-likeness (QED) is 0.165. The summed E-state index contributed by atoms with van der Waals surface area (Å²) in [5, 5.41) is 23.3. The molecule has 3 aromatic rings. The summed E-state index contributed by atoms with van der Waals surface area (Å²) >= 11 is 0. The normalized spacial score (nSPS) is 11.6. The van der Waals surface area contributed by atoms with Crippen molar-refractivity contribution in [2.24, 2.45) is 5.73 Å². The first-order chi connectivity index (χ1) is 16.1. The van der Waals surface area contributed by atoms with Gasteiger partial charge < -0.3 is 30.9 Å². The molecule has 0 amide bonds. The highest BCUT2D eigenvalue weighted by atomic mass is 16.5. The molecule has 7 nitrogen and oxygen atoms in total. The monoisotopic (exact) mass is 448 g/mol. The number of aliphatic hydroxyl groups excluding tert-OH is 1. The Kier molecular flexibility index (Phi) is 9.11. The van der Waals surface area contributed by atoms with Gasteiger partial charge in [0.25, 0.3) is 0 Å². The van der Waals surface area contributed by atoms with E-state index >= 15 is 0 Å². The van der Waals surface area contributed by atoms with E-state index in [1.165, 1.54) is 0 Å². The van der Waals surface area contributed by atoms with Crippen LogP contribution in [-0.2, 0) is 0 Å². The summed E-state index contributed by atoms with van der Waals surface area (Å²) in [6, 6.07) is 24.2. The van der Waals surface area contributed by atoms with Gasteiger partial charge in [-0.25, -0.2) is 0 Å². The fourth-order valence-electron chi connectivity index (χ4n) is 3.51. The molecule has 0 aromatic heterocycles. The number of nitrogens with two attached hydrogens (primary N) is 1. The van der Waals surface area contributed by atoms with Gasteiger partial charge in [0, 0.05) is 25.2 Å². The Balaban J connectivity index is 1.82. The summed E-state index contributed by atoms with van der Waals surface area (Å²) in [4.78, 5) is 0. The van der Waals surface area contributed by atoms with E-state index < -0.39 is 6.10 Å². The van der Waals surface area contributed by atoms with E-state index in [1.54, 1.807) is 0 Å². The van der Waals surface area contributed by atoms with Gasteiger partial charge in [-0.05, 0) is 35.7 Å². The molecule has 33 heavy (non-hydrogen) atoms. The predicted molar refractivity (Wildman–Crippen MR) is 133 cm³/mol. The lowest BCUT2D eigenvalue weighted by Crippen LogP contribution is -2.39. The highest BCUT2D eigenvalue weighted by Crippen LogP contribution is 2.45. The molecular formula is C26H32N4O3. The number of ether oxygens (including phenoxy) is 2. The molecule has 3 rings (SSSR count). The molecule has 0 saturated heterocycles. The number of guanidine groups is 1. The van der Waals surface area contributed by atoms with Crippen LogP contribution in [-0.4, -0.2) is 50.0 Å². The van der Waals surface area contributed by atoms with E-state index in [0.29, 0.717) is 37.7 Å². The highest BCUT2D eigenvalue weighted by molar-refractivity contribution is 5.89. The fourth-order valence-corrected chi connectivity index (χ4v) is 3.51. The molecule has 0 spiro atoms. The summed E-state index contributed by atoms with van der Waals surface area (Å²) in [5.41, 5.74) is 9.39. The molecule has 0 radical (unpaired) electrons. The van der Waals surface area contributed by atoms with Crippen LogP contribution >= 0.6 is 0 Å². The summed E-state index contributed by atoms with van der Waals surface area (Å²) in [5.74, 6) is 1.18. The maximum atomic E-state index is 10.3. The van der Waals surface area contributed by atoms with Gasteiger partial charge >= 0.3 is 0 Å². The van der Waals surface area contributed by atoms with Crippen LogP contribution in [0.4, 0.5) is 0 Å². The zero-order valence-electron chi connectivity index (χ0n) is 18.9. The van der Waals surface area contributed by atoms with Crippen LogP contribution in [0.1, 0.15) is 6.92 Å². The van der Waals surface area contributed by atoms with Crippen molar-refractivity contribution < 1.29 is 14.6 Å². The van der Waals surface area contributed by atoms with E-state index in [0.717, 1.165) is 22.3 Å². The molecule has 0 bridgehead atoms. The summed E-state index contributed by atoms with van der Waals surface area (Å²) in [6.45, 7) is 4.00. The number of benzene rings is 3. The Morgan fingerprint density at radius 2 is 1.61 bits per heavy atom. The molecule has 0 aliphatic carbocycles. The van der Waals surface area contributed by atoms with Gasteiger partial charge in [0.15, 0.2) is 17.5 Å². The molecule has 1 atom stereocenters. The van der Waals surface area contributed by atoms with Gasteiger partial charge in [0.2, 0.25) is 0 Å². The summed E-state index contributed by atoms with van der Waals surface area (Å²) in [7, 11) is 0. The summed E-state index contributed by atoms with van der Waals surface area (Å²) < 4.78 is 12.1. The molecule has 0 aliphatic heterocycles. The molecule has 3 aromatic carbocycles. The maximum absolute atomic E-state index is 10.3. The lowest BCUT2D eigenvalue weighted by molar-refractivity contribution is 0.104. The van der Waals surface area contributed by atoms with Gasteiger partial charge in [-0.3, -0.25) is 5.41 Å². The van der Waals surface area contributed by atoms with Crippen molar-refractivity contribution in [3.8, 4) is 33.8 Å². The van der Waals surface area contributed by atoms with Crippen molar-refractivity contribution in [3.05, 3.63) is 72.8 Å². The van der Waals surface area contributed by atoms with Gasteiger partial charge in [-0.15, -0.1) is 0 Å². The predicted octanol–water partition coefficient (Wildman–Crippen LogP) is 3.23. The van der Waals surface area contributed by atoms with Crippen LogP contribution in [0.15, 0.2) is 72.8 Å². The van der Waals surface area contributed by atoms with E-state index in [1.807, 2.05) is 55.5 Å². The molecule has 0 saturated carbocycles. The first-order valence-electron chi connectivity index (χ1n) is 11.1. The Bertz CT molecular complexity index is 1010. The molecule has 0 aliphatic rings. The third-order valence-electron chi connectivity index (χ3n) is 4.99. The maximum Gasteiger partial charge on any atom is 0.185 e. The first kappa shape index (κ1) is 24.1. The van der Waals surface area contributed by atoms with Crippen LogP contribution in [0.5, 0.6) is 11.5 Å². The van der Waals surface area contributed by atoms with Crippen LogP contribution in [0.3, 0.4) is 0 Å². The number of hydrogen-bond donors (Lipinski definition) is 5. The lowest BCUT2D eigenvalue weighted by atomic mass is 9.93. The molecule has 6 N–H and O–H groups in total. The van der Waals surface area contributed by atoms with Gasteiger partial charge in [0.1, 0.15) is 12.7 Å². The molecule has 7 heteroatoms. The van der Waals surface area contributed by atoms with Gasteiger partial charge in [-0.2, -0.15) is 0 Å². The van der Waals surface area contributed by atoms with E-state index in [9.17, 15) is 5.11 Å². The van der Waals surface area contributed by atoms with Crippen LogP contribution < -0.4 is 25.8 Å². The minimum atomic E-state index is -0.703. The third-order valence-corrected chi connectivity index (χ3v) is 4.99. The molecule has 0 heterocycles. The SMILES string of the molecule is CCOc1c(OC[C@H](O)CNCCNC(=N)N)ccc(-c2ccccc2)c1-c1ccccc1. The molecule has 174 valence electrons. The smallest absolute Gasteiger partial charge is 0.185 e. The Labute approximate surface area is 195 Å². The lowest BCUT2D eigenvalue weighted by Gasteiger charge is -2.21. The Morgan fingerprint density at radius 3 is 2.24 bits per heavy atom. The van der Waals surface area contributed by atoms with E-state index in [-0.39, 0.29) is 12.6 Å². The van der Waals surface area contributed by atoms with Crippen molar-refractivity contribution >= 4 is 5.96 Å². The van der Waals surface area contributed by atoms with Crippen molar-refractivity contribution in [1.29, 1.82) is 5.41 Å². The van der Waals surface area contributed by atoms with E-state index in [4.69, 9.17) is 20.6 Å². The van der Waals surface area contributed by atoms with Crippen molar-refractivity contribution in [3.63, 3.8) is 0 Å². The molecular weight excluding hydrogens is 416 g/mol. The standard InChI is InChI=1S/C26H32N4O3/c1-2-32-25-23(33-18-21(31)17-29-15-16-30-26(27)28)14-13-22(19-9-5-3-6-10-19)24(25)20-11-7-4-8-12-20/h3-14,21,29,31H,2,15-18H2,1H3,(H4,27,28,30)/t21-/m1/s1. The Morgan fingerprint density at radius 1 is 0.939 bits per heavy atom. The second-order valence-corrected chi connectivity index (χ2v) is 7.49. The average molecular weight is 449 g/mol. The van der Waals surface area contributed by atoms with Crippen molar-refractivity contribution in [1.82, 2.24) is 10.6 Å². The highest BCUT2D eigenvalue weighted by Gasteiger charge is 2.19. The van der Waals surface area contributed by atoms with Crippen LogP contribution in [0.2, 0.25) is 0 Å². The second kappa shape index (κ2) is 12.5. The topological polar surface area (TPSA) is 113 Å². The number of hydrogen-bond acceptors (Lipinski definition) is 5. The number of rotatable bonds is 12. The fraction of sp³-hybridized carbons (Fsp3) is 0.269. The third kappa shape index (κ3) is 6.97. The minimum Gasteiger partial charge on any atom is -0.489 e. The van der Waals surface area contributed by atoms with Gasteiger partial charge in [-0.1, -0.05) is 60.7 Å². The Hall–Kier alpha value is -3.55. The van der Waals surface area contributed by atoms with Crippen LogP contribution in [0.25, 0.3) is 22.3 Å². The minimum absolute atomic E-state index is 0.0719. The molecule has 0 fully saturated rings. The summed E-state index contributed by atoms with van der Waals surface area (Å²) in [6.07, 6.45) is -0.703. The largest absolute Gasteiger partial charge is 0.489 e. The van der Waals surface area contributed by atoms with Crippen molar-refractivity contribution in [2.75, 3.05) is 32.8 Å². The zero-order valence-corrected chi connectivity index (χ0v) is 18.9. The van der Waals surface area contributed by atoms with E-state index in [2.05, 4.69) is 34.9 Å². The number of nitrogens with one attached hydrogen (secondary N) is 3. The first-order valence-corrected chi connectivity index (χ1v) is 11.1. The van der Waals surface area contributed by atoms with Gasteiger partial charge in [0.05, 0.1) is 6.61 Å². The molecule has 0 unspecified atom stereocenters. The average Bonchev–Trinajstić information content (AvgIpc) is 2.84. The number of aliphatic hydroxyl groups is 1.